The number of nitrogens with one attached hydrogen (secondary N) is 4. The molecule has 1 aromatic carbocycles. The van der Waals surface area contributed by atoms with Crippen molar-refractivity contribution in [2.24, 2.45) is 4.99 Å². The standard InChI is InChI=1S/C26H19N5.Al/c27-26-24-15-22-11-9-20(30-22)13-18-7-6-17(28-18)12-19-8-10-21(29-19)14-23(31-24)25(26)16-4-2-1-3-5-16;/h1-15,27-28,30-31H;. The molecule has 3 aromatic rings. The topological polar surface area (TPSA) is 79.8 Å². The summed E-state index contributed by atoms with van der Waals surface area (Å²) >= 11 is 0. The molecular formula is C26H19AlN5. The van der Waals surface area contributed by atoms with Crippen molar-refractivity contribution in [1.82, 2.24) is 15.3 Å². The fourth-order valence-electron chi connectivity index (χ4n) is 4.04. The van der Waals surface area contributed by atoms with E-state index in [0.29, 0.717) is 5.71 Å². The summed E-state index contributed by atoms with van der Waals surface area (Å²) in [5, 5.41) is 14.3. The lowest BCUT2D eigenvalue weighted by Crippen LogP contribution is -2.11. The molecule has 0 fully saturated rings. The summed E-state index contributed by atoms with van der Waals surface area (Å²) in [6, 6.07) is 18.2. The summed E-state index contributed by atoms with van der Waals surface area (Å²) in [6.07, 6.45) is 12.1. The van der Waals surface area contributed by atoms with Gasteiger partial charge in [-0.2, -0.15) is 0 Å². The third kappa shape index (κ3) is 3.67. The van der Waals surface area contributed by atoms with Crippen LogP contribution in [0.1, 0.15) is 17.0 Å². The first-order chi connectivity index (χ1) is 15.2. The fraction of sp³-hybridized carbons (Fsp3) is 0. The molecule has 6 heteroatoms. The smallest absolute Gasteiger partial charge is 0.0874 e. The molecule has 5 heterocycles. The van der Waals surface area contributed by atoms with Gasteiger partial charge in [0.25, 0.3) is 0 Å². The minimum atomic E-state index is 0. The highest BCUT2D eigenvalue weighted by Crippen LogP contribution is 2.30. The van der Waals surface area contributed by atoms with E-state index in [1.807, 2.05) is 72.8 Å². The van der Waals surface area contributed by atoms with Gasteiger partial charge in [-0.1, -0.05) is 30.3 Å². The average Bonchev–Trinajstić information content (AvgIpc) is 3.55. The van der Waals surface area contributed by atoms with Gasteiger partial charge in [-0.25, -0.2) is 4.99 Å². The lowest BCUT2D eigenvalue weighted by Gasteiger charge is -2.03. The van der Waals surface area contributed by atoms with Gasteiger partial charge in [-0.05, 0) is 66.3 Å². The van der Waals surface area contributed by atoms with Crippen molar-refractivity contribution in [1.29, 1.82) is 5.41 Å². The molecular weight excluding hydrogens is 409 g/mol. The Morgan fingerprint density at radius 2 is 1.47 bits per heavy atom. The minimum Gasteiger partial charge on any atom is -0.355 e. The minimum absolute atomic E-state index is 0. The van der Waals surface area contributed by atoms with E-state index >= 15 is 0 Å². The van der Waals surface area contributed by atoms with E-state index in [1.54, 1.807) is 0 Å². The Bertz CT molecular complexity index is 1510. The summed E-state index contributed by atoms with van der Waals surface area (Å²) in [7, 11) is 0. The molecule has 3 radical (unpaired) electrons. The number of nitrogens with zero attached hydrogens (tertiary/aromatic N) is 1. The highest BCUT2D eigenvalue weighted by Gasteiger charge is 2.25. The molecule has 3 aliphatic rings. The molecule has 4 N–H and O–H groups in total. The number of aliphatic imine (C=N–C) groups is 1. The van der Waals surface area contributed by atoms with Gasteiger partial charge >= 0.3 is 0 Å². The Kier molecular flexibility index (Phi) is 5.03. The second-order valence-corrected chi connectivity index (χ2v) is 7.68. The predicted molar refractivity (Wildman–Crippen MR) is 131 cm³/mol. The molecule has 151 valence electrons. The molecule has 8 bridgehead atoms. The van der Waals surface area contributed by atoms with Crippen LogP contribution in [0, 0.1) is 5.41 Å². The van der Waals surface area contributed by atoms with Gasteiger partial charge in [0.2, 0.25) is 0 Å². The first kappa shape index (κ1) is 20.1. The molecule has 0 amide bonds. The maximum absolute atomic E-state index is 8.87. The zero-order valence-corrected chi connectivity index (χ0v) is 18.3. The van der Waals surface area contributed by atoms with E-state index in [1.165, 1.54) is 0 Å². The third-order valence-electron chi connectivity index (χ3n) is 5.47. The number of benzene rings is 1. The molecule has 0 atom stereocenters. The molecule has 32 heavy (non-hydrogen) atoms. The number of H-pyrrole nitrogens is 2. The average molecular weight is 428 g/mol. The van der Waals surface area contributed by atoms with Gasteiger partial charge in [0, 0.05) is 45.0 Å². The second kappa shape index (κ2) is 8.01. The Hall–Kier alpha value is -3.85. The molecule has 3 aliphatic heterocycles. The number of hydrogen-bond acceptors (Lipinski definition) is 3. The molecule has 0 saturated heterocycles. The van der Waals surface area contributed by atoms with Crippen molar-refractivity contribution in [3.05, 3.63) is 118 Å². The van der Waals surface area contributed by atoms with Crippen LogP contribution < -0.4 is 16.0 Å². The van der Waals surface area contributed by atoms with Gasteiger partial charge in [0.15, 0.2) is 0 Å². The molecule has 0 unspecified atom stereocenters. The Morgan fingerprint density at radius 1 is 0.719 bits per heavy atom. The normalized spacial score (nSPS) is 16.4. The predicted octanol–water partition coefficient (Wildman–Crippen LogP) is 2.85. The van der Waals surface area contributed by atoms with Gasteiger partial charge in [-0.15, -0.1) is 0 Å². The number of allylic oxidation sites excluding steroid dienone is 4. The van der Waals surface area contributed by atoms with Crippen LogP contribution in [-0.2, 0) is 0 Å². The van der Waals surface area contributed by atoms with Crippen LogP contribution >= 0.6 is 0 Å². The van der Waals surface area contributed by atoms with Crippen molar-refractivity contribution in [2.45, 2.75) is 0 Å². The fourth-order valence-corrected chi connectivity index (χ4v) is 4.04. The number of rotatable bonds is 1. The van der Waals surface area contributed by atoms with Crippen molar-refractivity contribution < 1.29 is 0 Å². The molecule has 2 aromatic heterocycles. The maximum atomic E-state index is 8.87. The monoisotopic (exact) mass is 428 g/mol. The van der Waals surface area contributed by atoms with Crippen LogP contribution in [0.25, 0.3) is 23.8 Å². The quantitative estimate of drug-likeness (QED) is 0.442. The Morgan fingerprint density at radius 3 is 2.28 bits per heavy atom. The number of aromatic nitrogens is 2. The molecule has 6 rings (SSSR count). The number of fused-ring (bicyclic) bond motifs is 7. The second-order valence-electron chi connectivity index (χ2n) is 7.68. The highest BCUT2D eigenvalue weighted by atomic mass is 27.0. The lowest BCUT2D eigenvalue weighted by molar-refractivity contribution is 1.10. The van der Waals surface area contributed by atoms with Crippen molar-refractivity contribution in [3.8, 4) is 0 Å². The molecule has 0 aliphatic carbocycles. The highest BCUT2D eigenvalue weighted by molar-refractivity contribution is 6.34. The number of hydrogen-bond donors (Lipinski definition) is 4. The third-order valence-corrected chi connectivity index (χ3v) is 5.47. The van der Waals surface area contributed by atoms with E-state index in [9.17, 15) is 0 Å². The largest absolute Gasteiger partial charge is 0.355 e. The van der Waals surface area contributed by atoms with Gasteiger partial charge < -0.3 is 15.3 Å². The molecule has 5 nitrogen and oxygen atoms in total. The van der Waals surface area contributed by atoms with E-state index in [0.717, 1.165) is 56.0 Å². The van der Waals surface area contributed by atoms with Gasteiger partial charge in [-0.3, -0.25) is 5.41 Å². The molecule has 0 saturated carbocycles. The van der Waals surface area contributed by atoms with E-state index in [4.69, 9.17) is 10.4 Å². The summed E-state index contributed by atoms with van der Waals surface area (Å²) < 4.78 is 0. The summed E-state index contributed by atoms with van der Waals surface area (Å²) in [5.41, 5.74) is 7.64. The zero-order valence-electron chi connectivity index (χ0n) is 17.2. The van der Waals surface area contributed by atoms with Crippen molar-refractivity contribution in [3.63, 3.8) is 0 Å². The van der Waals surface area contributed by atoms with Gasteiger partial charge in [0.1, 0.15) is 0 Å². The Labute approximate surface area is 195 Å². The van der Waals surface area contributed by atoms with Crippen LogP contribution in [-0.4, -0.2) is 38.8 Å². The van der Waals surface area contributed by atoms with Crippen molar-refractivity contribution in [2.75, 3.05) is 0 Å². The van der Waals surface area contributed by atoms with Gasteiger partial charge in [0.05, 0.1) is 28.5 Å². The SMILES string of the molecule is N=C1C2=Cc3ccc([nH]3)C=c3ccc([nH]3)=CC3=NC(=CC(=C1c1ccccc1)N2)C=C3.[Al]. The molecule has 0 spiro atoms. The van der Waals surface area contributed by atoms with Crippen LogP contribution in [0.3, 0.4) is 0 Å². The van der Waals surface area contributed by atoms with E-state index < -0.39 is 0 Å². The van der Waals surface area contributed by atoms with Crippen LogP contribution in [0.5, 0.6) is 0 Å². The number of aromatic amines is 2. The van der Waals surface area contributed by atoms with E-state index in [-0.39, 0.29) is 17.4 Å². The first-order valence-electron chi connectivity index (χ1n) is 10.1. The summed E-state index contributed by atoms with van der Waals surface area (Å²) in [5.74, 6) is 0. The lowest BCUT2D eigenvalue weighted by atomic mass is 10.00. The zero-order chi connectivity index (χ0) is 20.8. The van der Waals surface area contributed by atoms with Crippen LogP contribution in [0.2, 0.25) is 0 Å². The Balaban J connectivity index is 0.00000216. The maximum Gasteiger partial charge on any atom is 0.0874 e. The van der Waals surface area contributed by atoms with E-state index in [2.05, 4.69) is 33.5 Å². The van der Waals surface area contributed by atoms with Crippen molar-refractivity contribution >= 4 is 52.6 Å². The first-order valence-corrected chi connectivity index (χ1v) is 10.1. The van der Waals surface area contributed by atoms with Crippen LogP contribution in [0.4, 0.5) is 0 Å². The van der Waals surface area contributed by atoms with Crippen LogP contribution in [0.15, 0.2) is 94.9 Å². The summed E-state index contributed by atoms with van der Waals surface area (Å²) in [4.78, 5) is 11.6. The summed E-state index contributed by atoms with van der Waals surface area (Å²) in [6.45, 7) is 0.